The molecular formula is C32H52O4. The van der Waals surface area contributed by atoms with Crippen LogP contribution in [0, 0.1) is 46.3 Å². The van der Waals surface area contributed by atoms with Crippen molar-refractivity contribution in [1.82, 2.24) is 0 Å². The molecule has 4 aliphatic rings. The molecule has 0 aliphatic heterocycles. The average molecular weight is 501 g/mol. The molecule has 0 heterocycles. The van der Waals surface area contributed by atoms with Crippen molar-refractivity contribution in [2.45, 2.75) is 124 Å². The highest BCUT2D eigenvalue weighted by molar-refractivity contribution is 5.72. The molecule has 4 heteroatoms. The summed E-state index contributed by atoms with van der Waals surface area (Å²) in [6.45, 7) is 16.0. The van der Waals surface area contributed by atoms with E-state index in [1.807, 2.05) is 0 Å². The Kier molecular flexibility index (Phi) is 8.64. The van der Waals surface area contributed by atoms with Gasteiger partial charge in [0.05, 0.1) is 0 Å². The summed E-state index contributed by atoms with van der Waals surface area (Å²) in [7, 11) is 0. The zero-order valence-electron chi connectivity index (χ0n) is 23.7. The fraction of sp³-hybridized carbons (Fsp3) is 0.844. The third kappa shape index (κ3) is 5.45. The largest absolute Gasteiger partial charge is 0.462 e. The van der Waals surface area contributed by atoms with E-state index in [9.17, 15) is 4.79 Å². The molecule has 0 bridgehead atoms. The summed E-state index contributed by atoms with van der Waals surface area (Å²) in [5.74, 6) is 4.66. The second-order valence-corrected chi connectivity index (χ2v) is 13.8. The Bertz CT molecular complexity index is 830. The molecular weight excluding hydrogens is 448 g/mol. The molecule has 0 amide bonds. The van der Waals surface area contributed by atoms with Crippen LogP contribution in [0.15, 0.2) is 24.0 Å². The Morgan fingerprint density at radius 1 is 1.11 bits per heavy atom. The third-order valence-electron chi connectivity index (χ3n) is 11.3. The number of rotatable bonds is 9. The van der Waals surface area contributed by atoms with Gasteiger partial charge in [0.25, 0.3) is 0 Å². The fourth-order valence-electron chi connectivity index (χ4n) is 9.37. The van der Waals surface area contributed by atoms with Crippen LogP contribution in [0.5, 0.6) is 0 Å². The lowest BCUT2D eigenvalue weighted by atomic mass is 9.42. The minimum atomic E-state index is -0.360. The first-order valence-corrected chi connectivity index (χ1v) is 15.0. The molecule has 0 saturated heterocycles. The second-order valence-electron chi connectivity index (χ2n) is 13.8. The number of ether oxygens (including phenoxy) is 1. The van der Waals surface area contributed by atoms with Crippen LogP contribution in [0.4, 0.5) is 0 Å². The minimum absolute atomic E-state index is 0.0330. The van der Waals surface area contributed by atoms with Crippen molar-refractivity contribution in [2.75, 3.05) is 0 Å². The molecule has 4 aliphatic carbocycles. The van der Waals surface area contributed by atoms with Gasteiger partial charge < -0.3 is 9.62 Å². The van der Waals surface area contributed by atoms with Gasteiger partial charge in [-0.3, -0.25) is 4.79 Å². The molecule has 0 aromatic carbocycles. The molecule has 3 saturated carbocycles. The van der Waals surface area contributed by atoms with Gasteiger partial charge in [0.2, 0.25) is 0 Å². The van der Waals surface area contributed by atoms with E-state index in [2.05, 4.69) is 52.2 Å². The highest BCUT2D eigenvalue weighted by Gasteiger charge is 2.57. The van der Waals surface area contributed by atoms with Crippen LogP contribution in [-0.4, -0.2) is 17.3 Å². The molecule has 1 N–H and O–H groups in total. The summed E-state index contributed by atoms with van der Waals surface area (Å²) in [6.07, 6.45) is 17.7. The summed E-state index contributed by atoms with van der Waals surface area (Å²) in [5, 5.41) is 8.68. The van der Waals surface area contributed by atoms with Crippen LogP contribution < -0.4 is 0 Å². The van der Waals surface area contributed by atoms with Crippen LogP contribution in [-0.2, 0) is 14.4 Å². The zero-order chi connectivity index (χ0) is 26.1. The predicted octanol–water partition coefficient (Wildman–Crippen LogP) is 8.72. The molecule has 0 radical (unpaired) electrons. The lowest BCUT2D eigenvalue weighted by molar-refractivity contribution is -0.207. The van der Waals surface area contributed by atoms with Gasteiger partial charge >= 0.3 is 5.97 Å². The summed E-state index contributed by atoms with van der Waals surface area (Å²) in [5.41, 5.74) is 2.28. The Morgan fingerprint density at radius 2 is 1.89 bits per heavy atom. The van der Waals surface area contributed by atoms with Crippen LogP contribution in [0.25, 0.3) is 0 Å². The van der Waals surface area contributed by atoms with Crippen molar-refractivity contribution >= 4 is 5.97 Å². The maximum atomic E-state index is 12.2. The van der Waals surface area contributed by atoms with Gasteiger partial charge in [-0.25, -0.2) is 5.26 Å². The molecule has 8 unspecified atom stereocenters. The number of hydrogen-bond donors (Lipinski definition) is 1. The molecule has 4 rings (SSSR count). The average Bonchev–Trinajstić information content (AvgIpc) is 2.82. The SMILES string of the molecule is C=C(CC(=O)OC1CCC2(C)C(=CCC3C2CCC2(C)C(C(C)CCCC(C)C)CCCC32)C1)OO. The zero-order valence-corrected chi connectivity index (χ0v) is 23.7. The summed E-state index contributed by atoms with van der Waals surface area (Å²) in [4.78, 5) is 16.3. The fourth-order valence-corrected chi connectivity index (χ4v) is 9.37. The van der Waals surface area contributed by atoms with Crippen LogP contribution in [0.1, 0.15) is 118 Å². The number of allylic oxidation sites excluding steroid dienone is 1. The van der Waals surface area contributed by atoms with E-state index in [-0.39, 0.29) is 29.7 Å². The maximum Gasteiger partial charge on any atom is 0.313 e. The lowest BCUT2D eigenvalue weighted by Gasteiger charge is -2.62. The van der Waals surface area contributed by atoms with E-state index in [4.69, 9.17) is 9.99 Å². The van der Waals surface area contributed by atoms with Gasteiger partial charge in [-0.15, -0.1) is 0 Å². The third-order valence-corrected chi connectivity index (χ3v) is 11.3. The smallest absolute Gasteiger partial charge is 0.313 e. The highest BCUT2D eigenvalue weighted by Crippen LogP contribution is 2.66. The minimum Gasteiger partial charge on any atom is -0.462 e. The number of fused-ring (bicyclic) bond motifs is 5. The molecule has 4 nitrogen and oxygen atoms in total. The van der Waals surface area contributed by atoms with Crippen LogP contribution in [0.2, 0.25) is 0 Å². The number of hydrogen-bond acceptors (Lipinski definition) is 4. The van der Waals surface area contributed by atoms with Crippen molar-refractivity contribution in [3.63, 3.8) is 0 Å². The maximum absolute atomic E-state index is 12.2. The topological polar surface area (TPSA) is 55.8 Å². The molecule has 0 aromatic rings. The van der Waals surface area contributed by atoms with Gasteiger partial charge in [-0.05, 0) is 91.3 Å². The van der Waals surface area contributed by atoms with Gasteiger partial charge in [0.1, 0.15) is 18.3 Å². The Balaban J connectivity index is 1.44. The van der Waals surface area contributed by atoms with Crippen molar-refractivity contribution in [3.8, 4) is 0 Å². The van der Waals surface area contributed by atoms with Crippen molar-refractivity contribution in [1.29, 1.82) is 0 Å². The number of carbonyl (C=O) groups is 1. The van der Waals surface area contributed by atoms with E-state index in [0.717, 1.165) is 54.8 Å². The molecule has 204 valence electrons. The van der Waals surface area contributed by atoms with E-state index >= 15 is 0 Å². The summed E-state index contributed by atoms with van der Waals surface area (Å²) < 4.78 is 5.75. The summed E-state index contributed by atoms with van der Waals surface area (Å²) in [6, 6.07) is 0. The highest BCUT2D eigenvalue weighted by atomic mass is 17.1. The Hall–Kier alpha value is -1.29. The summed E-state index contributed by atoms with van der Waals surface area (Å²) >= 11 is 0. The normalized spacial score (nSPS) is 38.8. The molecule has 0 aromatic heterocycles. The van der Waals surface area contributed by atoms with Gasteiger partial charge in [-0.2, -0.15) is 0 Å². The van der Waals surface area contributed by atoms with Crippen LogP contribution >= 0.6 is 0 Å². The van der Waals surface area contributed by atoms with E-state index < -0.39 is 0 Å². The number of esters is 1. The quantitative estimate of drug-likeness (QED) is 0.113. The second kappa shape index (κ2) is 11.2. The first-order valence-electron chi connectivity index (χ1n) is 15.0. The molecule has 3 fully saturated rings. The standard InChI is InChI=1S/C32H52O4/c1-21(2)9-7-10-22(3)27-11-8-12-28-26-14-13-24-20-25(35-30(33)19-23(4)36-34)15-17-31(24,5)29(26)16-18-32(27,28)6/h13,21-22,25-29,34H,4,7-12,14-20H2,1-3,5-6H3. The Morgan fingerprint density at radius 3 is 2.61 bits per heavy atom. The van der Waals surface area contributed by atoms with E-state index in [1.54, 1.807) is 0 Å². The molecule has 8 atom stereocenters. The first kappa shape index (κ1) is 27.7. The van der Waals surface area contributed by atoms with Crippen molar-refractivity contribution in [2.24, 2.45) is 46.3 Å². The van der Waals surface area contributed by atoms with E-state index in [0.29, 0.717) is 5.41 Å². The lowest BCUT2D eigenvalue weighted by Crippen LogP contribution is -2.54. The van der Waals surface area contributed by atoms with Crippen LogP contribution in [0.3, 0.4) is 0 Å². The molecule has 0 spiro atoms. The Labute approximate surface area is 220 Å². The monoisotopic (exact) mass is 500 g/mol. The molecule has 36 heavy (non-hydrogen) atoms. The van der Waals surface area contributed by atoms with E-state index in [1.165, 1.54) is 63.4 Å². The van der Waals surface area contributed by atoms with Crippen molar-refractivity contribution in [3.05, 3.63) is 24.0 Å². The van der Waals surface area contributed by atoms with Gasteiger partial charge in [0.15, 0.2) is 0 Å². The number of carbonyl (C=O) groups excluding carboxylic acids is 1. The van der Waals surface area contributed by atoms with Gasteiger partial charge in [0, 0.05) is 6.42 Å². The first-order chi connectivity index (χ1) is 17.1. The van der Waals surface area contributed by atoms with Crippen molar-refractivity contribution < 1.29 is 19.7 Å². The van der Waals surface area contributed by atoms with Gasteiger partial charge in [-0.1, -0.05) is 78.5 Å². The predicted molar refractivity (Wildman–Crippen MR) is 145 cm³/mol.